The van der Waals surface area contributed by atoms with Crippen LogP contribution in [-0.2, 0) is 10.0 Å². The first-order chi connectivity index (χ1) is 16.4. The Bertz CT molecular complexity index is 1400. The molecule has 176 valence electrons. The van der Waals surface area contributed by atoms with Crippen LogP contribution in [0.3, 0.4) is 0 Å². The average Bonchev–Trinajstić information content (AvgIpc) is 3.32. The topological polar surface area (TPSA) is 79.4 Å². The normalized spacial score (nSPS) is 11.7. The van der Waals surface area contributed by atoms with E-state index in [1.54, 1.807) is 0 Å². The number of hydrogen-bond acceptors (Lipinski definition) is 5. The van der Waals surface area contributed by atoms with Gasteiger partial charge in [0.05, 0.1) is 10.6 Å². The fourth-order valence-electron chi connectivity index (χ4n) is 3.69. The van der Waals surface area contributed by atoms with Crippen molar-refractivity contribution in [2.45, 2.75) is 31.6 Å². The summed E-state index contributed by atoms with van der Waals surface area (Å²) >= 11 is 1.35. The second-order valence-corrected chi connectivity index (χ2v) is 10.7. The van der Waals surface area contributed by atoms with Crippen LogP contribution >= 0.6 is 11.3 Å². The Labute approximate surface area is 204 Å². The number of thiazole rings is 1. The van der Waals surface area contributed by atoms with Crippen LogP contribution in [-0.4, -0.2) is 36.7 Å². The summed E-state index contributed by atoms with van der Waals surface area (Å²) < 4.78 is 27.2. The van der Waals surface area contributed by atoms with Crippen molar-refractivity contribution in [2.24, 2.45) is 0 Å². The second-order valence-electron chi connectivity index (χ2n) is 7.93. The summed E-state index contributed by atoms with van der Waals surface area (Å²) in [4.78, 5) is 17.5. The molecule has 0 fully saturated rings. The first-order valence-corrected chi connectivity index (χ1v) is 13.6. The number of benzene rings is 3. The van der Waals surface area contributed by atoms with E-state index in [-0.39, 0.29) is 10.8 Å². The van der Waals surface area contributed by atoms with Crippen LogP contribution < -0.4 is 5.32 Å². The maximum Gasteiger partial charge on any atom is 0.257 e. The zero-order valence-electron chi connectivity index (χ0n) is 19.2. The minimum atomic E-state index is -3.58. The first-order valence-electron chi connectivity index (χ1n) is 11.3. The summed E-state index contributed by atoms with van der Waals surface area (Å²) in [6.45, 7) is 4.76. The van der Waals surface area contributed by atoms with Crippen molar-refractivity contribution in [3.05, 3.63) is 77.7 Å². The summed E-state index contributed by atoms with van der Waals surface area (Å²) in [6.07, 6.45) is 1.73. The van der Waals surface area contributed by atoms with E-state index in [1.165, 1.54) is 39.9 Å². The predicted molar refractivity (Wildman–Crippen MR) is 139 cm³/mol. The van der Waals surface area contributed by atoms with Crippen LogP contribution in [0.4, 0.5) is 5.13 Å². The van der Waals surface area contributed by atoms with Crippen molar-refractivity contribution in [1.82, 2.24) is 9.29 Å². The molecule has 0 atom stereocenters. The van der Waals surface area contributed by atoms with Gasteiger partial charge >= 0.3 is 0 Å². The van der Waals surface area contributed by atoms with Gasteiger partial charge in [-0.25, -0.2) is 13.4 Å². The fourth-order valence-corrected chi connectivity index (χ4v) is 5.89. The van der Waals surface area contributed by atoms with Gasteiger partial charge in [-0.1, -0.05) is 56.7 Å². The molecule has 8 heteroatoms. The number of anilines is 1. The Kier molecular flexibility index (Phi) is 7.41. The number of unbranched alkanes of at least 4 members (excludes halogenated alkanes) is 1. The maximum atomic E-state index is 12.9. The standard InChI is InChI=1S/C26H27N3O3S2/c1-3-5-16-29(4-2)34(31,32)23-14-12-20(13-15-23)25(30)28-26-27-24(18-33-26)22-11-10-19-8-6-7-9-21(19)17-22/h6-15,17-18H,3-5,16H2,1-2H3,(H,27,28,30). The Morgan fingerprint density at radius 3 is 2.44 bits per heavy atom. The van der Waals surface area contributed by atoms with E-state index in [0.29, 0.717) is 23.8 Å². The molecule has 0 bridgehead atoms. The van der Waals surface area contributed by atoms with Gasteiger partial charge in [-0.05, 0) is 47.5 Å². The number of nitrogens with zero attached hydrogens (tertiary/aromatic N) is 2. The third-order valence-electron chi connectivity index (χ3n) is 5.64. The fraction of sp³-hybridized carbons (Fsp3) is 0.231. The number of sulfonamides is 1. The largest absolute Gasteiger partial charge is 0.298 e. The summed E-state index contributed by atoms with van der Waals surface area (Å²) in [5.41, 5.74) is 2.14. The number of amides is 1. The van der Waals surface area contributed by atoms with E-state index in [0.717, 1.165) is 34.9 Å². The molecule has 1 amide bonds. The summed E-state index contributed by atoms with van der Waals surface area (Å²) in [6, 6.07) is 20.3. The van der Waals surface area contributed by atoms with E-state index in [9.17, 15) is 13.2 Å². The van der Waals surface area contributed by atoms with Gasteiger partial charge in [0, 0.05) is 29.6 Å². The van der Waals surface area contributed by atoms with Crippen LogP contribution in [0.5, 0.6) is 0 Å². The van der Waals surface area contributed by atoms with E-state index in [2.05, 4.69) is 34.6 Å². The lowest BCUT2D eigenvalue weighted by molar-refractivity contribution is 0.102. The van der Waals surface area contributed by atoms with Gasteiger partial charge in [0.1, 0.15) is 0 Å². The molecule has 4 rings (SSSR count). The van der Waals surface area contributed by atoms with Gasteiger partial charge in [-0.2, -0.15) is 4.31 Å². The molecular formula is C26H27N3O3S2. The van der Waals surface area contributed by atoms with Crippen molar-refractivity contribution in [3.8, 4) is 11.3 Å². The monoisotopic (exact) mass is 493 g/mol. The second kappa shape index (κ2) is 10.5. The van der Waals surface area contributed by atoms with Crippen LogP contribution in [0, 0.1) is 0 Å². The number of rotatable bonds is 9. The Morgan fingerprint density at radius 2 is 1.74 bits per heavy atom. The lowest BCUT2D eigenvalue weighted by Gasteiger charge is -2.20. The first kappa shape index (κ1) is 24.1. The van der Waals surface area contributed by atoms with Gasteiger partial charge in [0.25, 0.3) is 5.91 Å². The quantitative estimate of drug-likeness (QED) is 0.309. The molecule has 3 aromatic carbocycles. The van der Waals surface area contributed by atoms with E-state index < -0.39 is 10.0 Å². The van der Waals surface area contributed by atoms with Crippen molar-refractivity contribution in [2.75, 3.05) is 18.4 Å². The highest BCUT2D eigenvalue weighted by Crippen LogP contribution is 2.28. The molecular weight excluding hydrogens is 466 g/mol. The summed E-state index contributed by atoms with van der Waals surface area (Å²) in [7, 11) is -3.58. The van der Waals surface area contributed by atoms with Crippen molar-refractivity contribution < 1.29 is 13.2 Å². The minimum Gasteiger partial charge on any atom is -0.298 e. The van der Waals surface area contributed by atoms with Gasteiger partial charge in [-0.15, -0.1) is 11.3 Å². The maximum absolute atomic E-state index is 12.9. The predicted octanol–water partition coefficient (Wildman–Crippen LogP) is 6.03. The third-order valence-corrected chi connectivity index (χ3v) is 8.38. The molecule has 0 unspecified atom stereocenters. The van der Waals surface area contributed by atoms with Crippen molar-refractivity contribution in [1.29, 1.82) is 0 Å². The molecule has 0 saturated heterocycles. The number of carbonyl (C=O) groups is 1. The molecule has 0 aliphatic rings. The third kappa shape index (κ3) is 5.19. The Balaban J connectivity index is 1.46. The molecule has 0 saturated carbocycles. The summed E-state index contributed by atoms with van der Waals surface area (Å²) in [5.74, 6) is -0.332. The van der Waals surface area contributed by atoms with Crippen LogP contribution in [0.25, 0.3) is 22.0 Å². The number of nitrogens with one attached hydrogen (secondary N) is 1. The van der Waals surface area contributed by atoms with Gasteiger partial charge in [0.15, 0.2) is 5.13 Å². The molecule has 0 aliphatic heterocycles. The van der Waals surface area contributed by atoms with E-state index in [1.807, 2.05) is 37.4 Å². The number of carbonyl (C=O) groups excluding carboxylic acids is 1. The minimum absolute atomic E-state index is 0.190. The van der Waals surface area contributed by atoms with E-state index in [4.69, 9.17) is 0 Å². The average molecular weight is 494 g/mol. The van der Waals surface area contributed by atoms with Crippen LogP contribution in [0.15, 0.2) is 77.0 Å². The van der Waals surface area contributed by atoms with Crippen LogP contribution in [0.2, 0.25) is 0 Å². The van der Waals surface area contributed by atoms with E-state index >= 15 is 0 Å². The highest BCUT2D eigenvalue weighted by molar-refractivity contribution is 7.89. The zero-order chi connectivity index (χ0) is 24.1. The number of aromatic nitrogens is 1. The molecule has 1 N–H and O–H groups in total. The molecule has 1 heterocycles. The Morgan fingerprint density at radius 1 is 1.00 bits per heavy atom. The highest BCUT2D eigenvalue weighted by Gasteiger charge is 2.23. The number of fused-ring (bicyclic) bond motifs is 1. The Hall–Kier alpha value is -3.07. The molecule has 6 nitrogen and oxygen atoms in total. The molecule has 4 aromatic rings. The number of hydrogen-bond donors (Lipinski definition) is 1. The van der Waals surface area contributed by atoms with Gasteiger partial charge < -0.3 is 0 Å². The van der Waals surface area contributed by atoms with Gasteiger partial charge in [0.2, 0.25) is 10.0 Å². The van der Waals surface area contributed by atoms with Crippen LogP contribution in [0.1, 0.15) is 37.0 Å². The SMILES string of the molecule is CCCCN(CC)S(=O)(=O)c1ccc(C(=O)Nc2nc(-c3ccc4ccccc4c3)cs2)cc1. The van der Waals surface area contributed by atoms with Gasteiger partial charge in [-0.3, -0.25) is 10.1 Å². The lowest BCUT2D eigenvalue weighted by Crippen LogP contribution is -2.31. The lowest BCUT2D eigenvalue weighted by atomic mass is 10.1. The summed E-state index contributed by atoms with van der Waals surface area (Å²) in [5, 5.41) is 7.50. The smallest absolute Gasteiger partial charge is 0.257 e. The molecule has 0 aliphatic carbocycles. The highest BCUT2D eigenvalue weighted by atomic mass is 32.2. The molecule has 0 spiro atoms. The zero-order valence-corrected chi connectivity index (χ0v) is 20.8. The molecule has 0 radical (unpaired) electrons. The molecule has 34 heavy (non-hydrogen) atoms. The molecule has 1 aromatic heterocycles. The van der Waals surface area contributed by atoms with Crippen molar-refractivity contribution in [3.63, 3.8) is 0 Å². The van der Waals surface area contributed by atoms with Crippen molar-refractivity contribution >= 4 is 43.2 Å².